The fourth-order valence-corrected chi connectivity index (χ4v) is 2.39. The molecule has 0 aliphatic rings. The second kappa shape index (κ2) is 4.94. The highest BCUT2D eigenvalue weighted by atomic mass is 32.1. The fourth-order valence-electron chi connectivity index (χ4n) is 1.43. The molecule has 0 saturated heterocycles. The Kier molecular flexibility index (Phi) is 3.37. The van der Waals surface area contributed by atoms with Crippen LogP contribution in [-0.2, 0) is 9.53 Å². The Bertz CT molecular complexity index is 492. The van der Waals surface area contributed by atoms with Gasteiger partial charge >= 0.3 is 5.97 Å². The van der Waals surface area contributed by atoms with Gasteiger partial charge in [0.25, 0.3) is 0 Å². The van der Waals surface area contributed by atoms with Crippen molar-refractivity contribution in [1.29, 1.82) is 0 Å². The van der Waals surface area contributed by atoms with Crippen LogP contribution in [-0.4, -0.2) is 12.6 Å². The van der Waals surface area contributed by atoms with Gasteiger partial charge in [0.05, 0.1) is 6.61 Å². The maximum absolute atomic E-state index is 11.1. The van der Waals surface area contributed by atoms with Crippen LogP contribution in [0.3, 0.4) is 0 Å². The molecule has 0 spiro atoms. The zero-order chi connectivity index (χ0) is 11.4. The molecule has 0 bridgehead atoms. The molecule has 0 radical (unpaired) electrons. The highest BCUT2D eigenvalue weighted by Crippen LogP contribution is 2.25. The third kappa shape index (κ3) is 2.49. The second-order valence-electron chi connectivity index (χ2n) is 3.27. The molecule has 2 nitrogen and oxygen atoms in total. The fraction of sp³-hybridized carbons (Fsp3) is 0.154. The third-order valence-electron chi connectivity index (χ3n) is 2.11. The average Bonchev–Trinajstić information content (AvgIpc) is 2.69. The van der Waals surface area contributed by atoms with Crippen LogP contribution in [0.1, 0.15) is 11.8 Å². The Labute approximate surface area is 98.2 Å². The lowest BCUT2D eigenvalue weighted by Crippen LogP contribution is -1.98. The van der Waals surface area contributed by atoms with E-state index in [1.54, 1.807) is 24.3 Å². The number of benzene rings is 1. The van der Waals surface area contributed by atoms with Gasteiger partial charge in [-0.25, -0.2) is 4.79 Å². The molecular formula is C13H12O2S. The molecule has 0 unspecified atom stereocenters. The molecule has 0 N–H and O–H groups in total. The van der Waals surface area contributed by atoms with E-state index in [9.17, 15) is 4.79 Å². The van der Waals surface area contributed by atoms with Gasteiger partial charge in [-0.2, -0.15) is 0 Å². The molecule has 0 aliphatic carbocycles. The largest absolute Gasteiger partial charge is 0.463 e. The molecule has 0 saturated carbocycles. The van der Waals surface area contributed by atoms with Crippen LogP contribution in [0.4, 0.5) is 0 Å². The number of hydrogen-bond donors (Lipinski definition) is 0. The van der Waals surface area contributed by atoms with Gasteiger partial charge in [-0.1, -0.05) is 18.2 Å². The quantitative estimate of drug-likeness (QED) is 0.598. The third-order valence-corrected chi connectivity index (χ3v) is 3.20. The molecule has 3 heteroatoms. The number of hydrogen-bond acceptors (Lipinski definition) is 3. The Hall–Kier alpha value is -1.61. The molecule has 16 heavy (non-hydrogen) atoms. The van der Waals surface area contributed by atoms with Crippen LogP contribution in [0.5, 0.6) is 0 Å². The summed E-state index contributed by atoms with van der Waals surface area (Å²) in [5.41, 5.74) is 0. The first-order chi connectivity index (χ1) is 7.79. The minimum atomic E-state index is -0.292. The number of rotatable bonds is 3. The average molecular weight is 232 g/mol. The Balaban J connectivity index is 2.18. The van der Waals surface area contributed by atoms with E-state index in [4.69, 9.17) is 4.74 Å². The zero-order valence-corrected chi connectivity index (χ0v) is 9.79. The molecule has 2 rings (SSSR count). The van der Waals surface area contributed by atoms with Gasteiger partial charge in [0.1, 0.15) is 0 Å². The van der Waals surface area contributed by atoms with Gasteiger partial charge < -0.3 is 4.74 Å². The lowest BCUT2D eigenvalue weighted by molar-refractivity contribution is -0.137. The molecule has 82 valence electrons. The van der Waals surface area contributed by atoms with Gasteiger partial charge in [0, 0.05) is 15.7 Å². The maximum atomic E-state index is 11.1. The molecule has 2 aromatic rings. The van der Waals surface area contributed by atoms with Crippen LogP contribution in [0.15, 0.2) is 36.4 Å². The summed E-state index contributed by atoms with van der Waals surface area (Å²) in [5.74, 6) is -0.292. The summed E-state index contributed by atoms with van der Waals surface area (Å²) in [5, 5.41) is 1.20. The lowest BCUT2D eigenvalue weighted by Gasteiger charge is -1.93. The minimum Gasteiger partial charge on any atom is -0.463 e. The van der Waals surface area contributed by atoms with Crippen molar-refractivity contribution in [2.24, 2.45) is 0 Å². The molecular weight excluding hydrogens is 220 g/mol. The standard InChI is InChI=1S/C13H12O2S/c1-2-15-13(14)8-7-11-9-10-5-3-4-6-12(10)16-11/h3-9H,2H2,1H3/b8-7+. The van der Waals surface area contributed by atoms with Crippen molar-refractivity contribution in [2.75, 3.05) is 6.61 Å². The van der Waals surface area contributed by atoms with E-state index in [0.717, 1.165) is 4.88 Å². The first kappa shape index (κ1) is 10.9. The Morgan fingerprint density at radius 3 is 3.00 bits per heavy atom. The van der Waals surface area contributed by atoms with E-state index >= 15 is 0 Å². The van der Waals surface area contributed by atoms with Crippen LogP contribution >= 0.6 is 11.3 Å². The summed E-state index contributed by atoms with van der Waals surface area (Å²) in [6.45, 7) is 2.21. The summed E-state index contributed by atoms with van der Waals surface area (Å²) in [7, 11) is 0. The number of ether oxygens (including phenoxy) is 1. The second-order valence-corrected chi connectivity index (χ2v) is 4.39. The van der Waals surface area contributed by atoms with E-state index in [2.05, 4.69) is 18.2 Å². The predicted molar refractivity (Wildman–Crippen MR) is 67.5 cm³/mol. The van der Waals surface area contributed by atoms with E-state index < -0.39 is 0 Å². The lowest BCUT2D eigenvalue weighted by atomic mass is 10.2. The summed E-state index contributed by atoms with van der Waals surface area (Å²) < 4.78 is 6.04. The molecule has 1 heterocycles. The Morgan fingerprint density at radius 1 is 1.44 bits per heavy atom. The van der Waals surface area contributed by atoms with Crippen molar-refractivity contribution in [3.8, 4) is 0 Å². The summed E-state index contributed by atoms with van der Waals surface area (Å²) in [6, 6.07) is 10.2. The summed E-state index contributed by atoms with van der Waals surface area (Å²) in [6.07, 6.45) is 3.26. The molecule has 0 aliphatic heterocycles. The van der Waals surface area contributed by atoms with Crippen molar-refractivity contribution in [3.05, 3.63) is 41.3 Å². The van der Waals surface area contributed by atoms with E-state index in [1.807, 2.05) is 12.1 Å². The van der Waals surface area contributed by atoms with Crippen molar-refractivity contribution in [3.63, 3.8) is 0 Å². The highest BCUT2D eigenvalue weighted by molar-refractivity contribution is 7.19. The van der Waals surface area contributed by atoms with Crippen molar-refractivity contribution < 1.29 is 9.53 Å². The van der Waals surface area contributed by atoms with Gasteiger partial charge in [0.15, 0.2) is 0 Å². The van der Waals surface area contributed by atoms with Crippen LogP contribution < -0.4 is 0 Å². The van der Waals surface area contributed by atoms with E-state index in [0.29, 0.717) is 6.61 Å². The first-order valence-corrected chi connectivity index (χ1v) is 5.94. The van der Waals surface area contributed by atoms with E-state index in [1.165, 1.54) is 16.2 Å². The maximum Gasteiger partial charge on any atom is 0.330 e. The summed E-state index contributed by atoms with van der Waals surface area (Å²) >= 11 is 1.66. The molecule has 0 atom stereocenters. The van der Waals surface area contributed by atoms with Gasteiger partial charge in [-0.3, -0.25) is 0 Å². The van der Waals surface area contributed by atoms with Crippen molar-refractivity contribution in [1.82, 2.24) is 0 Å². The van der Waals surface area contributed by atoms with Crippen molar-refractivity contribution in [2.45, 2.75) is 6.92 Å². The normalized spacial score (nSPS) is 11.1. The van der Waals surface area contributed by atoms with Gasteiger partial charge in [0.2, 0.25) is 0 Å². The van der Waals surface area contributed by atoms with Gasteiger partial charge in [-0.15, -0.1) is 11.3 Å². The number of carbonyl (C=O) groups is 1. The predicted octanol–water partition coefficient (Wildman–Crippen LogP) is 3.48. The monoisotopic (exact) mass is 232 g/mol. The molecule has 0 amide bonds. The zero-order valence-electron chi connectivity index (χ0n) is 8.97. The van der Waals surface area contributed by atoms with Crippen LogP contribution in [0.25, 0.3) is 16.2 Å². The Morgan fingerprint density at radius 2 is 2.25 bits per heavy atom. The number of esters is 1. The summed E-state index contributed by atoms with van der Waals surface area (Å²) in [4.78, 5) is 12.2. The molecule has 1 aromatic heterocycles. The molecule has 1 aromatic carbocycles. The van der Waals surface area contributed by atoms with Gasteiger partial charge in [-0.05, 0) is 30.5 Å². The smallest absolute Gasteiger partial charge is 0.330 e. The first-order valence-electron chi connectivity index (χ1n) is 5.13. The van der Waals surface area contributed by atoms with E-state index in [-0.39, 0.29) is 5.97 Å². The van der Waals surface area contributed by atoms with Crippen molar-refractivity contribution >= 4 is 33.5 Å². The molecule has 0 fully saturated rings. The number of fused-ring (bicyclic) bond motifs is 1. The minimum absolute atomic E-state index is 0.292. The highest BCUT2D eigenvalue weighted by Gasteiger charge is 1.99. The van der Waals surface area contributed by atoms with Crippen LogP contribution in [0, 0.1) is 0 Å². The SMILES string of the molecule is CCOC(=O)/C=C/c1cc2ccccc2s1. The number of carbonyl (C=O) groups excluding carboxylic acids is 1. The van der Waals surface area contributed by atoms with Crippen LogP contribution in [0.2, 0.25) is 0 Å². The topological polar surface area (TPSA) is 26.3 Å². The number of thiophene rings is 1.